The van der Waals surface area contributed by atoms with Crippen LogP contribution in [0.25, 0.3) is 10.8 Å². The number of nitrogens with zero attached hydrogens (tertiary/aromatic N) is 5. The number of rotatable bonds is 5. The summed E-state index contributed by atoms with van der Waals surface area (Å²) in [5, 5.41) is 6.66. The van der Waals surface area contributed by atoms with E-state index in [1.54, 1.807) is 13.2 Å². The third-order valence-corrected chi connectivity index (χ3v) is 5.43. The van der Waals surface area contributed by atoms with Gasteiger partial charge in [-0.25, -0.2) is 4.98 Å². The van der Waals surface area contributed by atoms with Crippen LogP contribution < -0.4 is 5.32 Å². The number of thiazole rings is 1. The molecule has 2 aromatic rings. The molecule has 29 heavy (non-hydrogen) atoms. The Morgan fingerprint density at radius 3 is 2.83 bits per heavy atom. The zero-order valence-corrected chi connectivity index (χ0v) is 16.4. The van der Waals surface area contributed by atoms with Crippen LogP contribution in [-0.4, -0.2) is 61.6 Å². The van der Waals surface area contributed by atoms with Crippen LogP contribution in [0.1, 0.15) is 23.6 Å². The highest BCUT2D eigenvalue weighted by Gasteiger charge is 2.43. The van der Waals surface area contributed by atoms with Gasteiger partial charge in [-0.3, -0.25) is 29.4 Å². The summed E-state index contributed by atoms with van der Waals surface area (Å²) in [6.07, 6.45) is 3.04. The maximum Gasteiger partial charge on any atom is 0.277 e. The summed E-state index contributed by atoms with van der Waals surface area (Å²) < 4.78 is 5.22. The monoisotopic (exact) mass is 416 g/mol. The van der Waals surface area contributed by atoms with E-state index < -0.39 is 29.7 Å². The van der Waals surface area contributed by atoms with Crippen molar-refractivity contribution in [2.24, 2.45) is 0 Å². The predicted octanol–water partition coefficient (Wildman–Crippen LogP) is -0.00878. The molecule has 12 heteroatoms. The Bertz CT molecular complexity index is 1060. The smallest absolute Gasteiger partial charge is 0.277 e. The molecule has 0 spiro atoms. The van der Waals surface area contributed by atoms with E-state index in [4.69, 9.17) is 4.52 Å². The lowest BCUT2D eigenvalue weighted by atomic mass is 10.0. The number of nitrogens with one attached hydrogen (secondary N) is 1. The number of aromatic nitrogens is 3. The van der Waals surface area contributed by atoms with Crippen molar-refractivity contribution in [2.45, 2.75) is 32.4 Å². The molecule has 11 nitrogen and oxygen atoms in total. The highest BCUT2D eigenvalue weighted by atomic mass is 32.1. The zero-order chi connectivity index (χ0) is 20.7. The molecule has 1 fully saturated rings. The van der Waals surface area contributed by atoms with Crippen LogP contribution in [-0.2, 0) is 25.7 Å². The van der Waals surface area contributed by atoms with Crippen molar-refractivity contribution in [1.29, 1.82) is 0 Å². The number of amides is 4. The van der Waals surface area contributed by atoms with Crippen LogP contribution in [0.2, 0.25) is 0 Å². The molecule has 2 aliphatic heterocycles. The third kappa shape index (κ3) is 3.53. The fourth-order valence-electron chi connectivity index (χ4n) is 3.12. The molecule has 0 radical (unpaired) electrons. The van der Waals surface area contributed by atoms with Crippen molar-refractivity contribution < 1.29 is 23.7 Å². The van der Waals surface area contributed by atoms with Crippen molar-refractivity contribution in [3.63, 3.8) is 0 Å². The first kappa shape index (κ1) is 18.9. The van der Waals surface area contributed by atoms with E-state index >= 15 is 0 Å². The van der Waals surface area contributed by atoms with Crippen molar-refractivity contribution in [1.82, 2.24) is 30.2 Å². The largest absolute Gasteiger partial charge is 0.361 e. The van der Waals surface area contributed by atoms with E-state index in [0.29, 0.717) is 10.8 Å². The summed E-state index contributed by atoms with van der Waals surface area (Å²) in [7, 11) is 1.60. The maximum absolute atomic E-state index is 12.8. The molecule has 4 rings (SSSR count). The second-order valence-electron chi connectivity index (χ2n) is 6.65. The van der Waals surface area contributed by atoms with Gasteiger partial charge in [0.05, 0.1) is 6.54 Å². The molecule has 1 saturated heterocycles. The van der Waals surface area contributed by atoms with E-state index in [9.17, 15) is 19.2 Å². The summed E-state index contributed by atoms with van der Waals surface area (Å²) in [6.45, 7) is 2.00. The number of carbonyl (C=O) groups is 4. The maximum atomic E-state index is 12.8. The van der Waals surface area contributed by atoms with Gasteiger partial charge < -0.3 is 9.42 Å². The summed E-state index contributed by atoms with van der Waals surface area (Å²) >= 11 is 1.43. The number of aryl methyl sites for hydroxylation is 1. The molecule has 4 amide bonds. The Hall–Kier alpha value is -3.41. The minimum absolute atomic E-state index is 0.0691. The zero-order valence-electron chi connectivity index (χ0n) is 15.5. The molecule has 0 aliphatic carbocycles. The first-order valence-corrected chi connectivity index (χ1v) is 9.54. The van der Waals surface area contributed by atoms with Crippen LogP contribution in [0.15, 0.2) is 22.5 Å². The summed E-state index contributed by atoms with van der Waals surface area (Å²) in [6, 6.07) is -1.00. The van der Waals surface area contributed by atoms with E-state index in [1.165, 1.54) is 16.2 Å². The van der Waals surface area contributed by atoms with Crippen molar-refractivity contribution in [3.05, 3.63) is 28.7 Å². The van der Waals surface area contributed by atoms with Crippen molar-refractivity contribution in [2.75, 3.05) is 7.05 Å². The van der Waals surface area contributed by atoms with E-state index in [2.05, 4.69) is 20.4 Å². The molecule has 4 heterocycles. The Balaban J connectivity index is 1.46. The summed E-state index contributed by atoms with van der Waals surface area (Å²) in [5.41, 5.74) is 0.101. The fourth-order valence-corrected chi connectivity index (χ4v) is 3.81. The van der Waals surface area contributed by atoms with Gasteiger partial charge in [0.1, 0.15) is 11.7 Å². The van der Waals surface area contributed by atoms with Crippen LogP contribution in [0, 0.1) is 6.92 Å². The van der Waals surface area contributed by atoms with Gasteiger partial charge in [0.25, 0.3) is 11.8 Å². The quantitative estimate of drug-likeness (QED) is 0.667. The minimum Gasteiger partial charge on any atom is -0.361 e. The molecule has 150 valence electrons. The van der Waals surface area contributed by atoms with E-state index in [-0.39, 0.29) is 31.0 Å². The van der Waals surface area contributed by atoms with E-state index in [1.807, 2.05) is 6.92 Å². The lowest BCUT2D eigenvalue weighted by Crippen LogP contribution is -2.54. The first-order chi connectivity index (χ1) is 13.8. The van der Waals surface area contributed by atoms with Gasteiger partial charge >= 0.3 is 0 Å². The Morgan fingerprint density at radius 1 is 1.34 bits per heavy atom. The number of piperidine rings is 1. The standard InChI is InChI=1S/C17H16N6O5S/c1-8-6-18-16(29-8)14-20-12(28-21-14)7-22(2)10-5-13(25)23(17(10)27)9-3-4-11(24)19-15(9)26/h5-6,9H,3-4,7H2,1-2H3,(H,19,24,26). The van der Waals surface area contributed by atoms with Crippen LogP contribution in [0.4, 0.5) is 0 Å². The predicted molar refractivity (Wildman–Crippen MR) is 97.7 cm³/mol. The highest BCUT2D eigenvalue weighted by Crippen LogP contribution is 2.25. The SMILES string of the molecule is Cc1cnc(-c2noc(CN(C)C3=CC(=O)N(C4CCC(=O)NC4=O)C3=O)n2)s1. The van der Waals surface area contributed by atoms with Gasteiger partial charge in [0.15, 0.2) is 5.01 Å². The van der Waals surface area contributed by atoms with Gasteiger partial charge in [-0.05, 0) is 13.3 Å². The first-order valence-electron chi connectivity index (χ1n) is 8.73. The molecular formula is C17H16N6O5S. The number of hydrogen-bond donors (Lipinski definition) is 1. The molecule has 0 aromatic carbocycles. The van der Waals surface area contributed by atoms with Gasteiger partial charge in [-0.1, -0.05) is 5.16 Å². The molecule has 1 unspecified atom stereocenters. The molecule has 2 aromatic heterocycles. The number of imide groups is 2. The number of hydrogen-bond acceptors (Lipinski definition) is 10. The second-order valence-corrected chi connectivity index (χ2v) is 7.89. The van der Waals surface area contributed by atoms with Gasteiger partial charge in [-0.15, -0.1) is 11.3 Å². The molecular weight excluding hydrogens is 400 g/mol. The van der Waals surface area contributed by atoms with Crippen LogP contribution >= 0.6 is 11.3 Å². The lowest BCUT2D eigenvalue weighted by Gasteiger charge is -2.29. The summed E-state index contributed by atoms with van der Waals surface area (Å²) in [5.74, 6) is -1.69. The van der Waals surface area contributed by atoms with Crippen LogP contribution in [0.3, 0.4) is 0 Å². The van der Waals surface area contributed by atoms with Crippen LogP contribution in [0.5, 0.6) is 0 Å². The molecule has 1 N–H and O–H groups in total. The Labute approximate surface area is 168 Å². The van der Waals surface area contributed by atoms with Crippen molar-refractivity contribution >= 4 is 35.0 Å². The molecule has 1 atom stereocenters. The Kier molecular flexibility index (Phi) is 4.70. The van der Waals surface area contributed by atoms with Gasteiger partial charge in [0.2, 0.25) is 23.5 Å². The average molecular weight is 416 g/mol. The van der Waals surface area contributed by atoms with Gasteiger partial charge in [-0.2, -0.15) is 4.98 Å². The highest BCUT2D eigenvalue weighted by molar-refractivity contribution is 7.14. The topological polar surface area (TPSA) is 139 Å². The lowest BCUT2D eigenvalue weighted by molar-refractivity contribution is -0.150. The molecule has 0 saturated carbocycles. The van der Waals surface area contributed by atoms with E-state index in [0.717, 1.165) is 15.9 Å². The normalized spacial score (nSPS) is 19.6. The summed E-state index contributed by atoms with van der Waals surface area (Å²) in [4.78, 5) is 60.3. The number of likely N-dealkylation sites (N-methyl/N-ethyl adjacent to an activating group) is 1. The molecule has 2 aliphatic rings. The average Bonchev–Trinajstić information content (AvgIpc) is 3.36. The number of carbonyl (C=O) groups excluding carboxylic acids is 4. The van der Waals surface area contributed by atoms with Crippen molar-refractivity contribution in [3.8, 4) is 10.8 Å². The fraction of sp³-hybridized carbons (Fsp3) is 0.353. The third-order valence-electron chi connectivity index (χ3n) is 4.52. The minimum atomic E-state index is -1.00. The second kappa shape index (κ2) is 7.20. The Morgan fingerprint density at radius 2 is 2.14 bits per heavy atom. The van der Waals surface area contributed by atoms with Gasteiger partial charge in [0, 0.05) is 30.6 Å². The molecule has 0 bridgehead atoms.